The molecule has 132 valence electrons. The molecule has 3 aromatic rings. The van der Waals surface area contributed by atoms with Crippen molar-refractivity contribution in [3.63, 3.8) is 0 Å². The van der Waals surface area contributed by atoms with Gasteiger partial charge in [0, 0.05) is 30.2 Å². The summed E-state index contributed by atoms with van der Waals surface area (Å²) in [5, 5.41) is 3.05. The lowest BCUT2D eigenvalue weighted by molar-refractivity contribution is 0.0932. The first-order valence-electron chi connectivity index (χ1n) is 8.64. The summed E-state index contributed by atoms with van der Waals surface area (Å²) in [6, 6.07) is 9.03. The van der Waals surface area contributed by atoms with E-state index in [0.717, 1.165) is 29.7 Å². The summed E-state index contributed by atoms with van der Waals surface area (Å²) in [6.07, 6.45) is 8.70. The van der Waals surface area contributed by atoms with Crippen molar-refractivity contribution >= 4 is 5.91 Å². The van der Waals surface area contributed by atoms with Gasteiger partial charge in [0.05, 0.1) is 18.4 Å². The lowest BCUT2D eigenvalue weighted by atomic mass is 9.91. The number of carbonyl (C=O) groups excluding carboxylic acids is 1. The van der Waals surface area contributed by atoms with Gasteiger partial charge in [0.15, 0.2) is 0 Å². The molecule has 0 fully saturated rings. The maximum absolute atomic E-state index is 12.4. The van der Waals surface area contributed by atoms with Crippen molar-refractivity contribution in [1.29, 1.82) is 0 Å². The molecule has 1 N–H and O–H groups in total. The molecule has 1 aliphatic carbocycles. The first-order chi connectivity index (χ1) is 12.7. The van der Waals surface area contributed by atoms with Crippen LogP contribution in [0.3, 0.4) is 0 Å². The number of nitrogens with one attached hydrogen (secondary N) is 1. The van der Waals surface area contributed by atoms with Crippen LogP contribution in [0.25, 0.3) is 0 Å². The minimum atomic E-state index is -0.129. The van der Waals surface area contributed by atoms with Crippen molar-refractivity contribution < 1.29 is 9.21 Å². The monoisotopic (exact) mass is 349 g/mol. The molecular formula is C20H19N3O3. The van der Waals surface area contributed by atoms with Crippen molar-refractivity contribution in [2.24, 2.45) is 0 Å². The minimum absolute atomic E-state index is 0.00603. The van der Waals surface area contributed by atoms with Crippen molar-refractivity contribution in [2.75, 3.05) is 0 Å². The second-order valence-corrected chi connectivity index (χ2v) is 6.52. The highest BCUT2D eigenvalue weighted by Crippen LogP contribution is 2.21. The van der Waals surface area contributed by atoms with Gasteiger partial charge in [-0.25, -0.2) is 0 Å². The van der Waals surface area contributed by atoms with Crippen LogP contribution in [0.4, 0.5) is 0 Å². The number of hydrogen-bond donors (Lipinski definition) is 1. The van der Waals surface area contributed by atoms with Crippen molar-refractivity contribution in [3.8, 4) is 0 Å². The Bertz CT molecular complexity index is 962. The average molecular weight is 349 g/mol. The molecule has 0 spiro atoms. The Morgan fingerprint density at radius 2 is 2.23 bits per heavy atom. The van der Waals surface area contributed by atoms with Crippen LogP contribution in [0.1, 0.15) is 33.6 Å². The van der Waals surface area contributed by atoms with E-state index in [-0.39, 0.29) is 17.5 Å². The van der Waals surface area contributed by atoms with Crippen LogP contribution in [0.5, 0.6) is 0 Å². The van der Waals surface area contributed by atoms with Crippen LogP contribution in [-0.4, -0.2) is 21.5 Å². The topological polar surface area (TPSA) is 77.1 Å². The maximum Gasteiger partial charge on any atom is 0.254 e. The first kappa shape index (κ1) is 16.3. The summed E-state index contributed by atoms with van der Waals surface area (Å²) in [5.41, 5.74) is 3.68. The predicted octanol–water partition coefficient (Wildman–Crippen LogP) is 2.17. The van der Waals surface area contributed by atoms with Gasteiger partial charge in [-0.3, -0.25) is 14.6 Å². The molecule has 1 atom stereocenters. The fourth-order valence-electron chi connectivity index (χ4n) is 3.46. The van der Waals surface area contributed by atoms with E-state index in [4.69, 9.17) is 4.42 Å². The number of fused-ring (bicyclic) bond motifs is 1. The van der Waals surface area contributed by atoms with E-state index in [1.165, 1.54) is 12.5 Å². The van der Waals surface area contributed by atoms with Crippen LogP contribution >= 0.6 is 0 Å². The molecule has 0 aliphatic heterocycles. The first-order valence-corrected chi connectivity index (χ1v) is 8.64. The van der Waals surface area contributed by atoms with Gasteiger partial charge in [-0.1, -0.05) is 12.1 Å². The number of aromatic nitrogens is 2. The van der Waals surface area contributed by atoms with E-state index in [2.05, 4.69) is 10.3 Å². The predicted molar refractivity (Wildman–Crippen MR) is 96.0 cm³/mol. The molecule has 3 aromatic heterocycles. The molecule has 4 rings (SSSR count). The van der Waals surface area contributed by atoms with Gasteiger partial charge < -0.3 is 14.3 Å². The Morgan fingerprint density at radius 1 is 1.31 bits per heavy atom. The highest BCUT2D eigenvalue weighted by molar-refractivity contribution is 5.93. The summed E-state index contributed by atoms with van der Waals surface area (Å²) >= 11 is 0. The molecule has 0 saturated heterocycles. The number of furan rings is 1. The SMILES string of the molecule is O=C(NC1CCc2c(ccc(=O)n2Cc2cccnc2)C1)c1ccoc1. The third-order valence-corrected chi connectivity index (χ3v) is 4.77. The van der Waals surface area contributed by atoms with E-state index in [0.29, 0.717) is 18.5 Å². The molecule has 6 nitrogen and oxygen atoms in total. The molecule has 0 saturated carbocycles. The zero-order chi connectivity index (χ0) is 17.9. The molecule has 6 heteroatoms. The number of hydrogen-bond acceptors (Lipinski definition) is 4. The summed E-state index contributed by atoms with van der Waals surface area (Å²) in [7, 11) is 0. The van der Waals surface area contributed by atoms with Crippen LogP contribution in [0.2, 0.25) is 0 Å². The van der Waals surface area contributed by atoms with Crippen molar-refractivity contribution in [2.45, 2.75) is 31.8 Å². The summed E-state index contributed by atoms with van der Waals surface area (Å²) < 4.78 is 6.78. The standard InChI is InChI=1S/C20H19N3O3/c24-19-6-3-15-10-17(22-20(25)16-7-9-26-13-16)4-5-18(15)23(19)12-14-2-1-8-21-11-14/h1-3,6-9,11,13,17H,4-5,10,12H2,(H,22,25). The van der Waals surface area contributed by atoms with Crippen LogP contribution in [-0.2, 0) is 19.4 Å². The van der Waals surface area contributed by atoms with E-state index in [9.17, 15) is 9.59 Å². The van der Waals surface area contributed by atoms with Gasteiger partial charge in [-0.15, -0.1) is 0 Å². The number of nitrogens with zero attached hydrogens (tertiary/aromatic N) is 2. The Hall–Kier alpha value is -3.15. The van der Waals surface area contributed by atoms with Crippen LogP contribution in [0, 0.1) is 0 Å². The fourth-order valence-corrected chi connectivity index (χ4v) is 3.46. The molecular weight excluding hydrogens is 330 g/mol. The normalized spacial score (nSPS) is 16.1. The van der Waals surface area contributed by atoms with Gasteiger partial charge in [-0.05, 0) is 42.5 Å². The number of rotatable bonds is 4. The van der Waals surface area contributed by atoms with Gasteiger partial charge in [0.25, 0.3) is 11.5 Å². The molecule has 1 aliphatic rings. The third-order valence-electron chi connectivity index (χ3n) is 4.77. The van der Waals surface area contributed by atoms with Gasteiger partial charge in [0.2, 0.25) is 0 Å². The lowest BCUT2D eigenvalue weighted by Crippen LogP contribution is -2.40. The smallest absolute Gasteiger partial charge is 0.254 e. The van der Waals surface area contributed by atoms with Crippen molar-refractivity contribution in [3.05, 3.63) is 88.0 Å². The number of carbonyl (C=O) groups is 1. The second kappa shape index (κ2) is 7.00. The number of pyridine rings is 2. The lowest BCUT2D eigenvalue weighted by Gasteiger charge is -2.27. The third kappa shape index (κ3) is 3.31. The summed E-state index contributed by atoms with van der Waals surface area (Å²) in [5.74, 6) is -0.129. The van der Waals surface area contributed by atoms with Crippen LogP contribution in [0.15, 0.2) is 64.5 Å². The molecule has 0 aromatic carbocycles. The Balaban J connectivity index is 1.54. The maximum atomic E-state index is 12.4. The van der Waals surface area contributed by atoms with E-state index < -0.39 is 0 Å². The van der Waals surface area contributed by atoms with Gasteiger partial charge in [0.1, 0.15) is 6.26 Å². The van der Waals surface area contributed by atoms with E-state index in [1.54, 1.807) is 24.5 Å². The van der Waals surface area contributed by atoms with Gasteiger partial charge in [-0.2, -0.15) is 0 Å². The average Bonchev–Trinajstić information content (AvgIpc) is 3.20. The zero-order valence-electron chi connectivity index (χ0n) is 14.2. The Morgan fingerprint density at radius 3 is 3.00 bits per heavy atom. The second-order valence-electron chi connectivity index (χ2n) is 6.52. The summed E-state index contributed by atoms with van der Waals surface area (Å²) in [4.78, 5) is 28.7. The highest BCUT2D eigenvalue weighted by Gasteiger charge is 2.23. The highest BCUT2D eigenvalue weighted by atomic mass is 16.3. The largest absolute Gasteiger partial charge is 0.472 e. The molecule has 1 unspecified atom stereocenters. The van der Waals surface area contributed by atoms with Crippen LogP contribution < -0.4 is 10.9 Å². The molecule has 26 heavy (non-hydrogen) atoms. The Labute approximate surface area is 150 Å². The van der Waals surface area contributed by atoms with E-state index in [1.807, 2.05) is 22.8 Å². The molecule has 0 radical (unpaired) electrons. The molecule has 1 amide bonds. The quantitative estimate of drug-likeness (QED) is 0.783. The fraction of sp³-hybridized carbons (Fsp3) is 0.250. The zero-order valence-corrected chi connectivity index (χ0v) is 14.2. The van der Waals surface area contributed by atoms with E-state index >= 15 is 0 Å². The van der Waals surface area contributed by atoms with Gasteiger partial charge >= 0.3 is 0 Å². The number of amides is 1. The summed E-state index contributed by atoms with van der Waals surface area (Å²) in [6.45, 7) is 0.516. The molecule has 3 heterocycles. The minimum Gasteiger partial charge on any atom is -0.472 e. The Kier molecular flexibility index (Phi) is 4.39. The van der Waals surface area contributed by atoms with Crippen molar-refractivity contribution in [1.82, 2.24) is 14.9 Å². The molecule has 0 bridgehead atoms.